The lowest BCUT2D eigenvalue weighted by molar-refractivity contribution is -0.0550. The van der Waals surface area contributed by atoms with Crippen LogP contribution < -0.4 is 5.73 Å². The van der Waals surface area contributed by atoms with E-state index in [2.05, 4.69) is 28.1 Å². The van der Waals surface area contributed by atoms with E-state index in [0.717, 1.165) is 5.56 Å². The molecule has 1 fully saturated rings. The van der Waals surface area contributed by atoms with Gasteiger partial charge in [-0.05, 0) is 5.56 Å². The topological polar surface area (TPSA) is 256 Å². The first-order valence-electron chi connectivity index (χ1n) is 10.5. The Hall–Kier alpha value is -1.68. The Morgan fingerprint density at radius 2 is 1.81 bits per heavy atom. The van der Waals surface area contributed by atoms with Crippen LogP contribution in [0.15, 0.2) is 45.3 Å². The number of phosphoric ester groups is 1. The molecule has 204 valence electrons. The molecule has 0 radical (unpaired) electrons. The van der Waals surface area contributed by atoms with Crippen molar-refractivity contribution >= 4 is 41.4 Å². The van der Waals surface area contributed by atoms with Gasteiger partial charge in [0, 0.05) is 12.8 Å². The molecule has 1 saturated heterocycles. The van der Waals surface area contributed by atoms with Crippen molar-refractivity contribution in [3.05, 3.63) is 35.9 Å². The molecule has 3 aliphatic heterocycles. The normalized spacial score (nSPS) is 30.9. The fourth-order valence-electron chi connectivity index (χ4n) is 3.93. The number of fused-ring (bicyclic) bond motifs is 1. The van der Waals surface area contributed by atoms with Gasteiger partial charge < -0.3 is 40.1 Å². The zero-order chi connectivity index (χ0) is 27.1. The number of phosphoric acid groups is 3. The van der Waals surface area contributed by atoms with Gasteiger partial charge in [-0.1, -0.05) is 30.3 Å². The maximum absolute atomic E-state index is 12.0. The van der Waals surface area contributed by atoms with Crippen molar-refractivity contribution in [1.82, 2.24) is 4.90 Å². The van der Waals surface area contributed by atoms with Crippen molar-refractivity contribution in [3.63, 3.8) is 0 Å². The van der Waals surface area contributed by atoms with Crippen molar-refractivity contribution < 1.29 is 56.3 Å². The largest absolute Gasteiger partial charge is 0.490 e. The monoisotopic (exact) mass is 583 g/mol. The highest BCUT2D eigenvalue weighted by Gasteiger charge is 2.47. The van der Waals surface area contributed by atoms with Crippen LogP contribution in [0.4, 0.5) is 0 Å². The van der Waals surface area contributed by atoms with Crippen LogP contribution in [0.2, 0.25) is 0 Å². The minimum atomic E-state index is -5.66. The van der Waals surface area contributed by atoms with E-state index >= 15 is 0 Å². The highest BCUT2D eigenvalue weighted by atomic mass is 31.3. The van der Waals surface area contributed by atoms with Crippen LogP contribution in [0.25, 0.3) is 0 Å². The number of rotatable bonds is 10. The standard InChI is InChI=1S/C17H24N5O12P3/c18-17(7-11-4-2-1-3-5-11)15-16(19-9-21-17)22(10-20-15)14-6-12(23)13(32-14)8-31-36(27,28)34-37(29,30)33-35(24,25)26/h1-5,9,12-14,23H,6-8,10,18H2,(H,27,28)(H,29,30)(H2,24,25,26)/t12-,13+,14+,17?/m0/s1. The fraction of sp³-hybridized carbons (Fsp3) is 0.471. The number of aliphatic hydroxyl groups is 1. The molecule has 7 N–H and O–H groups in total. The van der Waals surface area contributed by atoms with E-state index < -0.39 is 54.2 Å². The summed E-state index contributed by atoms with van der Waals surface area (Å²) in [7, 11) is -16.5. The van der Waals surface area contributed by atoms with E-state index in [9.17, 15) is 28.6 Å². The highest BCUT2D eigenvalue weighted by Crippen LogP contribution is 2.66. The summed E-state index contributed by atoms with van der Waals surface area (Å²) in [6, 6.07) is 9.43. The Kier molecular flexibility index (Phi) is 8.02. The molecule has 0 spiro atoms. The van der Waals surface area contributed by atoms with Gasteiger partial charge in [0.1, 0.15) is 31.1 Å². The predicted octanol–water partition coefficient (Wildman–Crippen LogP) is -0.142. The molecule has 20 heteroatoms. The lowest BCUT2D eigenvalue weighted by atomic mass is 9.94. The van der Waals surface area contributed by atoms with Gasteiger partial charge in [-0.15, -0.1) is 0 Å². The molecular formula is C17H24N5O12P3. The number of ether oxygens (including phenoxy) is 1. The molecule has 0 aromatic heterocycles. The third-order valence-corrected chi connectivity index (χ3v) is 9.23. The molecule has 6 atom stereocenters. The molecule has 0 saturated carbocycles. The number of nitrogens with two attached hydrogens (primary N) is 1. The highest BCUT2D eigenvalue weighted by molar-refractivity contribution is 7.66. The van der Waals surface area contributed by atoms with Crippen molar-refractivity contribution in [2.75, 3.05) is 13.3 Å². The number of hydrogen-bond acceptors (Lipinski definition) is 13. The van der Waals surface area contributed by atoms with E-state index in [-0.39, 0.29) is 13.1 Å². The summed E-state index contributed by atoms with van der Waals surface area (Å²) >= 11 is 0. The summed E-state index contributed by atoms with van der Waals surface area (Å²) in [5.41, 5.74) is 6.73. The molecule has 17 nitrogen and oxygen atoms in total. The number of benzene rings is 1. The van der Waals surface area contributed by atoms with E-state index in [4.69, 9.17) is 20.3 Å². The maximum Gasteiger partial charge on any atom is 0.490 e. The minimum absolute atomic E-state index is 0.0135. The lowest BCUT2D eigenvalue weighted by Crippen LogP contribution is -2.55. The Labute approximate surface area is 209 Å². The predicted molar refractivity (Wildman–Crippen MR) is 126 cm³/mol. The first-order chi connectivity index (χ1) is 17.2. The van der Waals surface area contributed by atoms with Gasteiger partial charge in [0.05, 0.1) is 12.7 Å². The summed E-state index contributed by atoms with van der Waals surface area (Å²) < 4.78 is 51.8. The quantitative estimate of drug-likeness (QED) is 0.196. The Bertz CT molecular complexity index is 1260. The lowest BCUT2D eigenvalue weighted by Gasteiger charge is -2.31. The van der Waals surface area contributed by atoms with Gasteiger partial charge in [-0.2, -0.15) is 8.62 Å². The molecule has 1 aromatic carbocycles. The first-order valence-corrected chi connectivity index (χ1v) is 15.1. The van der Waals surface area contributed by atoms with Gasteiger partial charge >= 0.3 is 23.5 Å². The molecule has 1 aromatic rings. The zero-order valence-electron chi connectivity index (χ0n) is 18.8. The van der Waals surface area contributed by atoms with Crippen molar-refractivity contribution in [3.8, 4) is 0 Å². The van der Waals surface area contributed by atoms with Crippen LogP contribution in [-0.2, 0) is 38.0 Å². The van der Waals surface area contributed by atoms with Crippen LogP contribution in [0.1, 0.15) is 12.0 Å². The number of nitrogens with zero attached hydrogens (tertiary/aromatic N) is 4. The SMILES string of the molecule is NC1(Cc2ccccc2)N=CN=C2C1=NCN2[C@H]1C[C@H](O)[C@@H](COP(=O)(O)OP(=O)(O)OP(=O)(O)O)O1. The summed E-state index contributed by atoms with van der Waals surface area (Å²) in [5.74, 6) is 0.388. The van der Waals surface area contributed by atoms with E-state index in [1.807, 2.05) is 30.3 Å². The Balaban J connectivity index is 1.37. The number of amidine groups is 1. The van der Waals surface area contributed by atoms with E-state index in [1.165, 1.54) is 6.34 Å². The fourth-order valence-corrected chi connectivity index (χ4v) is 6.96. The second-order valence-corrected chi connectivity index (χ2v) is 12.6. The van der Waals surface area contributed by atoms with Gasteiger partial charge in [-0.25, -0.2) is 23.7 Å². The Morgan fingerprint density at radius 3 is 2.49 bits per heavy atom. The number of aliphatic imine (C=N–C) groups is 3. The average Bonchev–Trinajstić information content (AvgIpc) is 3.34. The molecule has 0 bridgehead atoms. The first kappa shape index (κ1) is 28.3. The minimum Gasteiger partial charge on any atom is -0.390 e. The van der Waals surface area contributed by atoms with Crippen LogP contribution in [-0.4, -0.2) is 84.8 Å². The average molecular weight is 583 g/mol. The van der Waals surface area contributed by atoms with Gasteiger partial charge in [-0.3, -0.25) is 9.52 Å². The van der Waals surface area contributed by atoms with E-state index in [1.54, 1.807) is 4.90 Å². The van der Waals surface area contributed by atoms with Gasteiger partial charge in [0.25, 0.3) is 0 Å². The molecular weight excluding hydrogens is 559 g/mol. The van der Waals surface area contributed by atoms with Crippen molar-refractivity contribution in [2.24, 2.45) is 20.7 Å². The third-order valence-electron chi connectivity index (χ3n) is 5.43. The zero-order valence-corrected chi connectivity index (χ0v) is 21.5. The van der Waals surface area contributed by atoms with Crippen LogP contribution in [0, 0.1) is 0 Å². The van der Waals surface area contributed by atoms with E-state index in [0.29, 0.717) is 18.0 Å². The van der Waals surface area contributed by atoms with Crippen molar-refractivity contribution in [1.29, 1.82) is 0 Å². The molecule has 0 amide bonds. The molecule has 0 aliphatic carbocycles. The van der Waals surface area contributed by atoms with Crippen LogP contribution in [0.5, 0.6) is 0 Å². The summed E-state index contributed by atoms with van der Waals surface area (Å²) in [4.78, 5) is 50.7. The maximum atomic E-state index is 12.0. The summed E-state index contributed by atoms with van der Waals surface area (Å²) in [6.45, 7) is -0.697. The summed E-state index contributed by atoms with van der Waals surface area (Å²) in [5, 5.41) is 10.4. The van der Waals surface area contributed by atoms with Gasteiger partial charge in [0.2, 0.25) is 0 Å². The van der Waals surface area contributed by atoms with Crippen LogP contribution in [0.3, 0.4) is 0 Å². The second kappa shape index (κ2) is 10.5. The number of aliphatic hydroxyl groups excluding tert-OH is 1. The summed E-state index contributed by atoms with van der Waals surface area (Å²) in [6.07, 6.45) is -1.51. The smallest absolute Gasteiger partial charge is 0.390 e. The third kappa shape index (κ3) is 7.05. The molecule has 37 heavy (non-hydrogen) atoms. The van der Waals surface area contributed by atoms with Gasteiger partial charge in [0.15, 0.2) is 11.5 Å². The number of hydrogen-bond donors (Lipinski definition) is 6. The van der Waals surface area contributed by atoms with Crippen molar-refractivity contribution in [2.45, 2.75) is 36.9 Å². The van der Waals surface area contributed by atoms with Crippen LogP contribution >= 0.6 is 23.5 Å². The Morgan fingerprint density at radius 1 is 1.11 bits per heavy atom. The molecule has 4 rings (SSSR count). The molecule has 3 unspecified atom stereocenters. The second-order valence-electron chi connectivity index (χ2n) is 8.22. The molecule has 3 heterocycles. The molecule has 3 aliphatic rings.